The summed E-state index contributed by atoms with van der Waals surface area (Å²) in [4.78, 5) is 3.42. The van der Waals surface area contributed by atoms with Crippen LogP contribution in [0.4, 0.5) is 4.39 Å². The van der Waals surface area contributed by atoms with Crippen molar-refractivity contribution in [2.75, 3.05) is 0 Å². The molecule has 8 heavy (non-hydrogen) atoms. The van der Waals surface area contributed by atoms with E-state index in [2.05, 4.69) is 4.99 Å². The zero-order valence-electron chi connectivity index (χ0n) is 4.34. The Morgan fingerprint density at radius 3 is 3.00 bits per heavy atom. The minimum Gasteiger partial charge on any atom is -0.384 e. The largest absolute Gasteiger partial charge is 0.384 e. The summed E-state index contributed by atoms with van der Waals surface area (Å²) >= 11 is 0. The molecule has 0 radical (unpaired) electrons. The lowest BCUT2D eigenvalue weighted by atomic mass is 10.3. The van der Waals surface area contributed by atoms with Gasteiger partial charge in [-0.25, -0.2) is 9.38 Å². The van der Waals surface area contributed by atoms with Gasteiger partial charge in [0.1, 0.15) is 5.84 Å². The monoisotopic (exact) mass is 114 g/mol. The van der Waals surface area contributed by atoms with Crippen LogP contribution in [0.2, 0.25) is 0 Å². The Hall–Kier alpha value is -0.860. The number of nitrogens with zero attached hydrogens (tertiary/aromatic N) is 1. The minimum absolute atomic E-state index is 0.281. The predicted molar refractivity (Wildman–Crippen MR) is 30.3 cm³/mol. The number of dihydropyridines is 1. The van der Waals surface area contributed by atoms with Gasteiger partial charge in [0.2, 0.25) is 0 Å². The van der Waals surface area contributed by atoms with Gasteiger partial charge in [0.15, 0.2) is 6.30 Å². The van der Waals surface area contributed by atoms with E-state index in [4.69, 9.17) is 5.73 Å². The number of nitrogens with two attached hydrogens (primary N) is 1. The topological polar surface area (TPSA) is 38.4 Å². The van der Waals surface area contributed by atoms with Crippen LogP contribution in [-0.2, 0) is 0 Å². The normalized spacial score (nSPS) is 27.6. The number of halogens is 1. The second kappa shape index (κ2) is 1.94. The van der Waals surface area contributed by atoms with Gasteiger partial charge in [-0.1, -0.05) is 6.08 Å². The fraction of sp³-hybridized carbons (Fsp3) is 0.400. The van der Waals surface area contributed by atoms with Gasteiger partial charge in [0, 0.05) is 6.42 Å². The van der Waals surface area contributed by atoms with Gasteiger partial charge in [0.05, 0.1) is 0 Å². The lowest BCUT2D eigenvalue weighted by Gasteiger charge is -2.03. The maximum Gasteiger partial charge on any atom is 0.195 e. The molecule has 0 aromatic heterocycles. The molecular weight excluding hydrogens is 107 g/mol. The van der Waals surface area contributed by atoms with E-state index in [0.717, 1.165) is 0 Å². The first-order valence-electron chi connectivity index (χ1n) is 2.43. The Kier molecular flexibility index (Phi) is 1.28. The van der Waals surface area contributed by atoms with Crippen LogP contribution in [0.3, 0.4) is 0 Å². The molecule has 2 nitrogen and oxygen atoms in total. The standard InChI is InChI=1S/C5H7FN2/c6-4-2-1-3-5(7)8-4/h1,3-4H,2H2,(H2,7,8). The van der Waals surface area contributed by atoms with Crippen molar-refractivity contribution in [2.45, 2.75) is 12.7 Å². The molecular formula is C5H7FN2. The van der Waals surface area contributed by atoms with Crippen molar-refractivity contribution >= 4 is 5.84 Å². The smallest absolute Gasteiger partial charge is 0.195 e. The molecule has 44 valence electrons. The van der Waals surface area contributed by atoms with Crippen LogP contribution in [0.15, 0.2) is 17.1 Å². The second-order valence-electron chi connectivity index (χ2n) is 1.63. The highest BCUT2D eigenvalue weighted by Gasteiger charge is 2.03. The molecule has 0 bridgehead atoms. The van der Waals surface area contributed by atoms with E-state index >= 15 is 0 Å². The van der Waals surface area contributed by atoms with Crippen molar-refractivity contribution in [3.05, 3.63) is 12.2 Å². The number of hydrogen-bond donors (Lipinski definition) is 1. The Morgan fingerprint density at radius 2 is 2.62 bits per heavy atom. The predicted octanol–water partition coefficient (Wildman–Crippen LogP) is 0.599. The van der Waals surface area contributed by atoms with E-state index in [-0.39, 0.29) is 5.84 Å². The lowest BCUT2D eigenvalue weighted by Crippen LogP contribution is -2.14. The van der Waals surface area contributed by atoms with Crippen molar-refractivity contribution < 1.29 is 4.39 Å². The van der Waals surface area contributed by atoms with Crippen molar-refractivity contribution in [1.82, 2.24) is 0 Å². The summed E-state index contributed by atoms with van der Waals surface area (Å²) in [5.41, 5.74) is 5.15. The average Bonchev–Trinajstić information content (AvgIpc) is 1.64. The molecule has 0 saturated carbocycles. The number of rotatable bonds is 0. The van der Waals surface area contributed by atoms with Gasteiger partial charge in [-0.3, -0.25) is 0 Å². The number of hydrogen-bond acceptors (Lipinski definition) is 2. The molecule has 0 amide bonds. The highest BCUT2D eigenvalue weighted by molar-refractivity contribution is 5.91. The molecule has 1 rings (SSSR count). The fourth-order valence-electron chi connectivity index (χ4n) is 0.559. The van der Waals surface area contributed by atoms with E-state index in [1.807, 2.05) is 0 Å². The van der Waals surface area contributed by atoms with Gasteiger partial charge in [-0.05, 0) is 6.08 Å². The first-order valence-corrected chi connectivity index (χ1v) is 2.43. The Bertz CT molecular complexity index is 139. The van der Waals surface area contributed by atoms with Crippen LogP contribution in [-0.4, -0.2) is 12.1 Å². The van der Waals surface area contributed by atoms with Gasteiger partial charge < -0.3 is 5.73 Å². The summed E-state index contributed by atoms with van der Waals surface area (Å²) in [7, 11) is 0. The first kappa shape index (κ1) is 5.28. The molecule has 0 fully saturated rings. The van der Waals surface area contributed by atoms with Crippen molar-refractivity contribution in [2.24, 2.45) is 10.7 Å². The van der Waals surface area contributed by atoms with Crippen LogP contribution in [0.5, 0.6) is 0 Å². The molecule has 2 N–H and O–H groups in total. The fourth-order valence-corrected chi connectivity index (χ4v) is 0.559. The Balaban J connectivity index is 2.63. The van der Waals surface area contributed by atoms with Crippen molar-refractivity contribution in [1.29, 1.82) is 0 Å². The van der Waals surface area contributed by atoms with Gasteiger partial charge in [-0.2, -0.15) is 0 Å². The summed E-state index contributed by atoms with van der Waals surface area (Å²) in [6.45, 7) is 0. The molecule has 0 saturated heterocycles. The molecule has 1 aliphatic rings. The molecule has 1 unspecified atom stereocenters. The van der Waals surface area contributed by atoms with Crippen LogP contribution in [0, 0.1) is 0 Å². The average molecular weight is 114 g/mol. The molecule has 1 heterocycles. The zero-order valence-corrected chi connectivity index (χ0v) is 4.34. The molecule has 0 spiro atoms. The third-order valence-corrected chi connectivity index (χ3v) is 0.908. The first-order chi connectivity index (χ1) is 3.79. The van der Waals surface area contributed by atoms with E-state index in [1.54, 1.807) is 12.2 Å². The van der Waals surface area contributed by atoms with Crippen molar-refractivity contribution in [3.8, 4) is 0 Å². The molecule has 0 aromatic rings. The second-order valence-corrected chi connectivity index (χ2v) is 1.63. The maximum atomic E-state index is 12.1. The maximum absolute atomic E-state index is 12.1. The minimum atomic E-state index is -1.11. The van der Waals surface area contributed by atoms with E-state index in [0.29, 0.717) is 6.42 Å². The Labute approximate surface area is 46.9 Å². The number of amidine groups is 1. The molecule has 1 aliphatic heterocycles. The quantitative estimate of drug-likeness (QED) is 0.460. The van der Waals surface area contributed by atoms with Crippen LogP contribution in [0.1, 0.15) is 6.42 Å². The summed E-state index contributed by atoms with van der Waals surface area (Å²) in [6.07, 6.45) is 2.53. The highest BCUT2D eigenvalue weighted by atomic mass is 19.1. The van der Waals surface area contributed by atoms with Gasteiger partial charge in [0.25, 0.3) is 0 Å². The summed E-state index contributed by atoms with van der Waals surface area (Å²) in [5.74, 6) is 0.281. The zero-order chi connectivity index (χ0) is 5.98. The molecule has 3 heteroatoms. The molecule has 1 atom stereocenters. The number of aliphatic imine (C=N–C) groups is 1. The van der Waals surface area contributed by atoms with E-state index < -0.39 is 6.30 Å². The van der Waals surface area contributed by atoms with Crippen molar-refractivity contribution in [3.63, 3.8) is 0 Å². The Morgan fingerprint density at radius 1 is 1.88 bits per heavy atom. The SMILES string of the molecule is NC1=NC(F)CC=C1. The summed E-state index contributed by atoms with van der Waals surface area (Å²) < 4.78 is 12.1. The molecule has 0 aromatic carbocycles. The van der Waals surface area contributed by atoms with Crippen LogP contribution < -0.4 is 5.73 Å². The molecule has 0 aliphatic carbocycles. The van der Waals surface area contributed by atoms with Crippen LogP contribution >= 0.6 is 0 Å². The third-order valence-electron chi connectivity index (χ3n) is 0.908. The van der Waals surface area contributed by atoms with E-state index in [1.165, 1.54) is 0 Å². The highest BCUT2D eigenvalue weighted by Crippen LogP contribution is 2.04. The van der Waals surface area contributed by atoms with Crippen LogP contribution in [0.25, 0.3) is 0 Å². The summed E-state index contributed by atoms with van der Waals surface area (Å²) in [5, 5.41) is 0. The van der Waals surface area contributed by atoms with Gasteiger partial charge >= 0.3 is 0 Å². The summed E-state index contributed by atoms with van der Waals surface area (Å²) in [6, 6.07) is 0. The van der Waals surface area contributed by atoms with Gasteiger partial charge in [-0.15, -0.1) is 0 Å². The number of alkyl halides is 1. The third kappa shape index (κ3) is 1.05. The lowest BCUT2D eigenvalue weighted by molar-refractivity contribution is 0.348. The van der Waals surface area contributed by atoms with E-state index in [9.17, 15) is 4.39 Å².